The molecule has 2 aromatic carbocycles. The van der Waals surface area contributed by atoms with Gasteiger partial charge in [0.1, 0.15) is 12.5 Å². The van der Waals surface area contributed by atoms with Crippen LogP contribution in [-0.2, 0) is 9.47 Å². The average Bonchev–Trinajstić information content (AvgIpc) is 2.64. The Labute approximate surface area is 144 Å². The summed E-state index contributed by atoms with van der Waals surface area (Å²) in [5, 5.41) is 3.60. The lowest BCUT2D eigenvalue weighted by molar-refractivity contribution is -0.0803. The lowest BCUT2D eigenvalue weighted by atomic mass is 9.97. The second-order valence-corrected chi connectivity index (χ2v) is 5.66. The summed E-state index contributed by atoms with van der Waals surface area (Å²) >= 11 is 0. The third-order valence-corrected chi connectivity index (χ3v) is 3.92. The largest absolute Gasteiger partial charge is 0.497 e. The fourth-order valence-electron chi connectivity index (χ4n) is 2.70. The van der Waals surface area contributed by atoms with Crippen LogP contribution in [0.25, 0.3) is 0 Å². The van der Waals surface area contributed by atoms with E-state index in [1.165, 1.54) is 5.56 Å². The van der Waals surface area contributed by atoms with E-state index in [0.717, 1.165) is 24.3 Å². The standard InChI is InChI=1S/C20H27NO3/c1-4-8-19(24-15-22-2)20(16-9-6-5-7-10-16)21-17-11-13-18(23-3)14-12-17/h5-7,9-14,19-21H,4,8,15H2,1-3H3. The third-order valence-electron chi connectivity index (χ3n) is 3.92. The molecule has 2 atom stereocenters. The summed E-state index contributed by atoms with van der Waals surface area (Å²) < 4.78 is 16.3. The van der Waals surface area contributed by atoms with Gasteiger partial charge in [0.25, 0.3) is 0 Å². The molecule has 130 valence electrons. The highest BCUT2D eigenvalue weighted by Crippen LogP contribution is 2.28. The van der Waals surface area contributed by atoms with Gasteiger partial charge >= 0.3 is 0 Å². The molecular formula is C20H27NO3. The van der Waals surface area contributed by atoms with Crippen molar-refractivity contribution >= 4 is 5.69 Å². The zero-order valence-corrected chi connectivity index (χ0v) is 14.7. The maximum atomic E-state index is 5.96. The molecule has 1 N–H and O–H groups in total. The topological polar surface area (TPSA) is 39.7 Å². The Morgan fingerprint density at radius 1 is 0.958 bits per heavy atom. The van der Waals surface area contributed by atoms with E-state index in [9.17, 15) is 0 Å². The number of ether oxygens (including phenoxy) is 3. The Balaban J connectivity index is 2.23. The van der Waals surface area contributed by atoms with Crippen molar-refractivity contribution in [3.05, 3.63) is 60.2 Å². The highest BCUT2D eigenvalue weighted by atomic mass is 16.7. The van der Waals surface area contributed by atoms with Crippen molar-refractivity contribution in [1.82, 2.24) is 0 Å². The molecule has 24 heavy (non-hydrogen) atoms. The lowest BCUT2D eigenvalue weighted by Crippen LogP contribution is -2.29. The number of hydrogen-bond donors (Lipinski definition) is 1. The van der Waals surface area contributed by atoms with Crippen LogP contribution in [0, 0.1) is 0 Å². The first-order valence-electron chi connectivity index (χ1n) is 8.34. The van der Waals surface area contributed by atoms with Crippen molar-refractivity contribution in [2.24, 2.45) is 0 Å². The van der Waals surface area contributed by atoms with Gasteiger partial charge in [-0.2, -0.15) is 0 Å². The molecule has 2 unspecified atom stereocenters. The summed E-state index contributed by atoms with van der Waals surface area (Å²) in [5.74, 6) is 0.845. The molecule has 0 fully saturated rings. The number of anilines is 1. The first-order valence-corrected chi connectivity index (χ1v) is 8.34. The van der Waals surface area contributed by atoms with Crippen LogP contribution in [0.15, 0.2) is 54.6 Å². The van der Waals surface area contributed by atoms with Gasteiger partial charge in [0.2, 0.25) is 0 Å². The van der Waals surface area contributed by atoms with E-state index < -0.39 is 0 Å². The fourth-order valence-corrected chi connectivity index (χ4v) is 2.70. The Bertz CT molecular complexity index is 571. The van der Waals surface area contributed by atoms with Crippen molar-refractivity contribution in [1.29, 1.82) is 0 Å². The fraction of sp³-hybridized carbons (Fsp3) is 0.400. The summed E-state index contributed by atoms with van der Waals surface area (Å²) in [4.78, 5) is 0. The number of methoxy groups -OCH3 is 2. The summed E-state index contributed by atoms with van der Waals surface area (Å²) in [6.45, 7) is 2.46. The van der Waals surface area contributed by atoms with E-state index in [2.05, 4.69) is 36.5 Å². The lowest BCUT2D eigenvalue weighted by Gasteiger charge is -2.29. The smallest absolute Gasteiger partial charge is 0.146 e. The van der Waals surface area contributed by atoms with Gasteiger partial charge in [0, 0.05) is 12.8 Å². The van der Waals surface area contributed by atoms with Crippen molar-refractivity contribution in [3.63, 3.8) is 0 Å². The Hall–Kier alpha value is -2.04. The van der Waals surface area contributed by atoms with Gasteiger partial charge in [0.05, 0.1) is 19.3 Å². The van der Waals surface area contributed by atoms with E-state index in [-0.39, 0.29) is 18.9 Å². The van der Waals surface area contributed by atoms with Crippen LogP contribution in [0.4, 0.5) is 5.69 Å². The van der Waals surface area contributed by atoms with Crippen LogP contribution in [-0.4, -0.2) is 27.1 Å². The molecule has 0 amide bonds. The molecule has 0 aliphatic carbocycles. The number of benzene rings is 2. The molecule has 4 nitrogen and oxygen atoms in total. The van der Waals surface area contributed by atoms with Crippen molar-refractivity contribution in [2.45, 2.75) is 31.9 Å². The number of nitrogens with one attached hydrogen (secondary N) is 1. The zero-order chi connectivity index (χ0) is 17.2. The normalized spacial score (nSPS) is 13.3. The minimum atomic E-state index is 0.0273. The minimum Gasteiger partial charge on any atom is -0.497 e. The molecule has 0 aliphatic rings. The van der Waals surface area contributed by atoms with Gasteiger partial charge < -0.3 is 19.5 Å². The molecule has 2 rings (SSSR count). The maximum Gasteiger partial charge on any atom is 0.146 e. The molecule has 0 radical (unpaired) electrons. The van der Waals surface area contributed by atoms with Gasteiger partial charge in [-0.05, 0) is 36.2 Å². The first-order chi connectivity index (χ1) is 11.8. The van der Waals surface area contributed by atoms with E-state index in [1.54, 1.807) is 14.2 Å². The summed E-state index contributed by atoms with van der Waals surface area (Å²) in [7, 11) is 3.32. The van der Waals surface area contributed by atoms with Crippen LogP contribution < -0.4 is 10.1 Å². The zero-order valence-electron chi connectivity index (χ0n) is 14.7. The first kappa shape index (κ1) is 18.3. The van der Waals surface area contributed by atoms with Crippen molar-refractivity contribution < 1.29 is 14.2 Å². The highest BCUT2D eigenvalue weighted by molar-refractivity contribution is 5.48. The summed E-state index contributed by atoms with van der Waals surface area (Å²) in [6, 6.07) is 18.4. The predicted molar refractivity (Wildman–Crippen MR) is 97.5 cm³/mol. The van der Waals surface area contributed by atoms with Crippen LogP contribution >= 0.6 is 0 Å². The van der Waals surface area contributed by atoms with E-state index >= 15 is 0 Å². The Morgan fingerprint density at radius 2 is 1.67 bits per heavy atom. The van der Waals surface area contributed by atoms with Gasteiger partial charge in [-0.1, -0.05) is 43.7 Å². The molecule has 0 bridgehead atoms. The third kappa shape index (κ3) is 5.25. The molecule has 0 aliphatic heterocycles. The minimum absolute atomic E-state index is 0.0273. The summed E-state index contributed by atoms with van der Waals surface area (Å²) in [5.41, 5.74) is 2.23. The van der Waals surface area contributed by atoms with Crippen molar-refractivity contribution in [3.8, 4) is 5.75 Å². The Morgan fingerprint density at radius 3 is 2.25 bits per heavy atom. The van der Waals surface area contributed by atoms with Crippen LogP contribution in [0.3, 0.4) is 0 Å². The van der Waals surface area contributed by atoms with Gasteiger partial charge in [-0.25, -0.2) is 0 Å². The monoisotopic (exact) mass is 329 g/mol. The molecule has 0 heterocycles. The second-order valence-electron chi connectivity index (χ2n) is 5.66. The molecule has 0 spiro atoms. The molecule has 0 saturated heterocycles. The number of hydrogen-bond acceptors (Lipinski definition) is 4. The predicted octanol–water partition coefficient (Wildman–Crippen LogP) is 4.64. The van der Waals surface area contributed by atoms with E-state index in [1.807, 2.05) is 30.3 Å². The maximum absolute atomic E-state index is 5.96. The highest BCUT2D eigenvalue weighted by Gasteiger charge is 2.23. The second kappa shape index (κ2) is 9.96. The van der Waals surface area contributed by atoms with Crippen LogP contribution in [0.5, 0.6) is 5.75 Å². The van der Waals surface area contributed by atoms with Crippen molar-refractivity contribution in [2.75, 3.05) is 26.3 Å². The van der Waals surface area contributed by atoms with Gasteiger partial charge in [-0.15, -0.1) is 0 Å². The molecule has 0 aromatic heterocycles. The molecule has 2 aromatic rings. The van der Waals surface area contributed by atoms with E-state index in [0.29, 0.717) is 0 Å². The van der Waals surface area contributed by atoms with Gasteiger partial charge in [0.15, 0.2) is 0 Å². The summed E-state index contributed by atoms with van der Waals surface area (Å²) in [6.07, 6.45) is 2.02. The van der Waals surface area contributed by atoms with Crippen LogP contribution in [0.1, 0.15) is 31.4 Å². The molecular weight excluding hydrogens is 302 g/mol. The Kier molecular flexibility index (Phi) is 7.59. The number of rotatable bonds is 10. The average molecular weight is 329 g/mol. The molecule has 0 saturated carbocycles. The quantitative estimate of drug-likeness (QED) is 0.645. The van der Waals surface area contributed by atoms with E-state index in [4.69, 9.17) is 14.2 Å². The molecule has 4 heteroatoms. The SMILES string of the molecule is CCCC(OCOC)C(Nc1ccc(OC)cc1)c1ccccc1. The van der Waals surface area contributed by atoms with Gasteiger partial charge in [-0.3, -0.25) is 0 Å². The van der Waals surface area contributed by atoms with Crippen LogP contribution in [0.2, 0.25) is 0 Å².